The zero-order valence-corrected chi connectivity index (χ0v) is 40.7. The first kappa shape index (κ1) is 59.3. The SMILES string of the molecule is CCCCCCC/C=C\C/C=C\CCCCCCCCCCCCCC(=O)OC(CCC/C=C\C/C=C\CCCCCCC)CCCCCCCC(=O)NC(CCCN)C(=O)O. The quantitative estimate of drug-likeness (QED) is 0.0318. The number of carboxylic acids is 1. The van der Waals surface area contributed by atoms with Crippen LogP contribution in [0.4, 0.5) is 0 Å². The summed E-state index contributed by atoms with van der Waals surface area (Å²) >= 11 is 0. The van der Waals surface area contributed by atoms with E-state index in [9.17, 15) is 19.5 Å². The van der Waals surface area contributed by atoms with Crippen molar-refractivity contribution in [2.75, 3.05) is 6.54 Å². The summed E-state index contributed by atoms with van der Waals surface area (Å²) in [6.07, 6.45) is 61.8. The molecular formula is C55H100N2O5. The summed E-state index contributed by atoms with van der Waals surface area (Å²) in [4.78, 5) is 36.6. The number of allylic oxidation sites excluding steroid dienone is 8. The van der Waals surface area contributed by atoms with Crippen molar-refractivity contribution in [3.05, 3.63) is 48.6 Å². The van der Waals surface area contributed by atoms with Crippen molar-refractivity contribution in [3.8, 4) is 0 Å². The van der Waals surface area contributed by atoms with E-state index in [1.54, 1.807) is 0 Å². The van der Waals surface area contributed by atoms with Crippen LogP contribution in [-0.4, -0.2) is 41.6 Å². The topological polar surface area (TPSA) is 119 Å². The number of rotatable bonds is 48. The molecule has 0 radical (unpaired) electrons. The van der Waals surface area contributed by atoms with Crippen LogP contribution in [0.3, 0.4) is 0 Å². The Morgan fingerprint density at radius 3 is 1.31 bits per heavy atom. The Balaban J connectivity index is 4.25. The Labute approximate surface area is 383 Å². The molecule has 0 aliphatic heterocycles. The van der Waals surface area contributed by atoms with E-state index in [2.05, 4.69) is 67.8 Å². The molecule has 2 unspecified atom stereocenters. The van der Waals surface area contributed by atoms with E-state index in [-0.39, 0.29) is 18.0 Å². The third-order valence-electron chi connectivity index (χ3n) is 11.9. The molecule has 0 saturated heterocycles. The molecule has 0 aromatic rings. The fraction of sp³-hybridized carbons (Fsp3) is 0.800. The smallest absolute Gasteiger partial charge is 0.326 e. The molecule has 0 bridgehead atoms. The number of carbonyl (C=O) groups excluding carboxylic acids is 2. The van der Waals surface area contributed by atoms with Crippen LogP contribution in [0.25, 0.3) is 0 Å². The van der Waals surface area contributed by atoms with Crippen LogP contribution in [-0.2, 0) is 19.1 Å². The third kappa shape index (κ3) is 45.4. The zero-order chi connectivity index (χ0) is 45.2. The molecular weight excluding hydrogens is 769 g/mol. The second kappa shape index (κ2) is 49.3. The van der Waals surface area contributed by atoms with Crippen LogP contribution in [0.2, 0.25) is 0 Å². The van der Waals surface area contributed by atoms with Gasteiger partial charge < -0.3 is 20.9 Å². The number of hydrogen-bond donors (Lipinski definition) is 3. The average molecular weight is 869 g/mol. The van der Waals surface area contributed by atoms with E-state index in [1.165, 1.54) is 141 Å². The fourth-order valence-corrected chi connectivity index (χ4v) is 7.87. The Morgan fingerprint density at radius 1 is 0.468 bits per heavy atom. The molecule has 0 aromatic carbocycles. The highest BCUT2D eigenvalue weighted by Crippen LogP contribution is 2.18. The maximum atomic E-state index is 12.9. The van der Waals surface area contributed by atoms with Crippen molar-refractivity contribution in [1.29, 1.82) is 0 Å². The first-order valence-electron chi connectivity index (χ1n) is 26.5. The Kier molecular flexibility index (Phi) is 47.2. The summed E-state index contributed by atoms with van der Waals surface area (Å²) in [5.41, 5.74) is 5.50. The van der Waals surface area contributed by atoms with Crippen LogP contribution < -0.4 is 11.1 Å². The summed E-state index contributed by atoms with van der Waals surface area (Å²) in [7, 11) is 0. The van der Waals surface area contributed by atoms with E-state index >= 15 is 0 Å². The molecule has 0 aromatic heterocycles. The number of hydrogen-bond acceptors (Lipinski definition) is 5. The molecule has 0 heterocycles. The largest absolute Gasteiger partial charge is 0.480 e. The van der Waals surface area contributed by atoms with Gasteiger partial charge in [-0.05, 0) is 116 Å². The minimum atomic E-state index is -1.01. The molecule has 0 fully saturated rings. The van der Waals surface area contributed by atoms with Gasteiger partial charge in [0, 0.05) is 12.8 Å². The molecule has 1 amide bonds. The molecule has 0 rings (SSSR count). The van der Waals surface area contributed by atoms with Crippen LogP contribution in [0.5, 0.6) is 0 Å². The lowest BCUT2D eigenvalue weighted by Gasteiger charge is -2.18. The van der Waals surface area contributed by atoms with Crippen LogP contribution in [0, 0.1) is 0 Å². The summed E-state index contributed by atoms with van der Waals surface area (Å²) in [6, 6.07) is -0.862. The van der Waals surface area contributed by atoms with Gasteiger partial charge in [0.05, 0.1) is 0 Å². The number of unbranched alkanes of at least 4 members (excludes halogenated alkanes) is 26. The number of carbonyl (C=O) groups is 3. The number of nitrogens with one attached hydrogen (secondary N) is 1. The van der Waals surface area contributed by atoms with Gasteiger partial charge in [-0.2, -0.15) is 0 Å². The van der Waals surface area contributed by atoms with Crippen molar-refractivity contribution in [1.82, 2.24) is 5.32 Å². The van der Waals surface area contributed by atoms with E-state index in [0.717, 1.165) is 83.5 Å². The van der Waals surface area contributed by atoms with Gasteiger partial charge in [0.2, 0.25) is 5.91 Å². The van der Waals surface area contributed by atoms with Gasteiger partial charge in [-0.15, -0.1) is 0 Å². The number of carboxylic acid groups (broad SMARTS) is 1. The number of nitrogens with two attached hydrogens (primary N) is 1. The van der Waals surface area contributed by atoms with Gasteiger partial charge in [-0.25, -0.2) is 4.79 Å². The lowest BCUT2D eigenvalue weighted by Crippen LogP contribution is -2.40. The molecule has 4 N–H and O–H groups in total. The summed E-state index contributed by atoms with van der Waals surface area (Å²) in [6.45, 7) is 4.94. The van der Waals surface area contributed by atoms with Gasteiger partial charge in [-0.1, -0.05) is 191 Å². The van der Waals surface area contributed by atoms with E-state index in [0.29, 0.717) is 32.2 Å². The fourth-order valence-electron chi connectivity index (χ4n) is 7.87. The minimum absolute atomic E-state index is 0.0332. The molecule has 7 nitrogen and oxygen atoms in total. The van der Waals surface area contributed by atoms with E-state index in [4.69, 9.17) is 10.5 Å². The molecule has 0 aliphatic rings. The highest BCUT2D eigenvalue weighted by atomic mass is 16.5. The van der Waals surface area contributed by atoms with Crippen molar-refractivity contribution < 1.29 is 24.2 Å². The second-order valence-corrected chi connectivity index (χ2v) is 17.9. The summed E-state index contributed by atoms with van der Waals surface area (Å²) < 4.78 is 6.06. The molecule has 0 spiro atoms. The lowest BCUT2D eigenvalue weighted by atomic mass is 10.0. The zero-order valence-electron chi connectivity index (χ0n) is 40.7. The molecule has 7 heteroatoms. The van der Waals surface area contributed by atoms with Crippen molar-refractivity contribution in [3.63, 3.8) is 0 Å². The van der Waals surface area contributed by atoms with Gasteiger partial charge in [0.1, 0.15) is 12.1 Å². The second-order valence-electron chi connectivity index (χ2n) is 17.9. The van der Waals surface area contributed by atoms with Crippen LogP contribution in [0.1, 0.15) is 264 Å². The van der Waals surface area contributed by atoms with Gasteiger partial charge in [0.25, 0.3) is 0 Å². The summed E-state index contributed by atoms with van der Waals surface area (Å²) in [5.74, 6) is -1.26. The van der Waals surface area contributed by atoms with Crippen LogP contribution >= 0.6 is 0 Å². The molecule has 0 saturated carbocycles. The first-order chi connectivity index (χ1) is 30.4. The third-order valence-corrected chi connectivity index (χ3v) is 11.9. The van der Waals surface area contributed by atoms with Gasteiger partial charge >= 0.3 is 11.9 Å². The molecule has 0 aliphatic carbocycles. The number of esters is 1. The highest BCUT2D eigenvalue weighted by Gasteiger charge is 2.19. The number of amides is 1. The average Bonchev–Trinajstić information content (AvgIpc) is 3.26. The van der Waals surface area contributed by atoms with E-state index < -0.39 is 12.0 Å². The Morgan fingerprint density at radius 2 is 0.855 bits per heavy atom. The van der Waals surface area contributed by atoms with Gasteiger partial charge in [0.15, 0.2) is 0 Å². The maximum Gasteiger partial charge on any atom is 0.326 e. The standard InChI is InChI=1S/C55H100N2O5/c1-3-5-7-9-11-13-15-17-18-19-20-21-22-23-24-25-26-28-30-32-34-39-43-49-54(59)62-51(45-40-36-33-31-29-27-16-14-12-10-8-6-4-2)46-41-37-35-38-42-48-53(58)57-52(55(60)61)47-44-50-56/h15-17,19-20,27,31,33,51-52H,3-14,18,21-26,28-30,32,34-50,56H2,1-2H3,(H,57,58)(H,60,61)/b17-15-,20-19-,27-16-,33-31-. The molecule has 360 valence electrons. The summed E-state index contributed by atoms with van der Waals surface area (Å²) in [5, 5.41) is 12.0. The predicted molar refractivity (Wildman–Crippen MR) is 266 cm³/mol. The molecule has 2 atom stereocenters. The lowest BCUT2D eigenvalue weighted by molar-refractivity contribution is -0.150. The maximum absolute atomic E-state index is 12.9. The number of ether oxygens (including phenoxy) is 1. The molecule has 62 heavy (non-hydrogen) atoms. The van der Waals surface area contributed by atoms with Crippen molar-refractivity contribution in [2.24, 2.45) is 5.73 Å². The normalized spacial score (nSPS) is 13.0. The van der Waals surface area contributed by atoms with Gasteiger partial charge in [-0.3, -0.25) is 9.59 Å². The Hall–Kier alpha value is -2.67. The highest BCUT2D eigenvalue weighted by molar-refractivity contribution is 5.83. The first-order valence-corrected chi connectivity index (χ1v) is 26.5. The number of aliphatic carboxylic acids is 1. The Bertz CT molecular complexity index is 1110. The van der Waals surface area contributed by atoms with E-state index in [1.807, 2.05) is 0 Å². The van der Waals surface area contributed by atoms with Crippen LogP contribution in [0.15, 0.2) is 48.6 Å². The monoisotopic (exact) mass is 869 g/mol. The minimum Gasteiger partial charge on any atom is -0.480 e. The predicted octanol–water partition coefficient (Wildman–Crippen LogP) is 15.9. The van der Waals surface area contributed by atoms with Crippen molar-refractivity contribution >= 4 is 17.8 Å². The van der Waals surface area contributed by atoms with Crippen molar-refractivity contribution in [2.45, 2.75) is 276 Å².